The monoisotopic (exact) mass is 740 g/mol. The van der Waals surface area contributed by atoms with Crippen LogP contribution in [0.25, 0.3) is 54.9 Å². The van der Waals surface area contributed by atoms with Crippen LogP contribution < -0.4 is 9.80 Å². The highest BCUT2D eigenvalue weighted by atomic mass is 15.2. The number of fused-ring (bicyclic) bond motifs is 2. The highest BCUT2D eigenvalue weighted by Gasteiger charge is 2.26. The van der Waals surface area contributed by atoms with Crippen molar-refractivity contribution in [3.05, 3.63) is 243 Å². The Hall–Kier alpha value is -7.68. The van der Waals surface area contributed by atoms with Crippen molar-refractivity contribution >= 4 is 55.7 Å². The van der Waals surface area contributed by atoms with Gasteiger partial charge in [0.15, 0.2) is 0 Å². The van der Waals surface area contributed by atoms with Gasteiger partial charge in [0.05, 0.1) is 17.1 Å². The van der Waals surface area contributed by atoms with Crippen molar-refractivity contribution in [1.29, 1.82) is 0 Å². The van der Waals surface area contributed by atoms with Crippen LogP contribution in [-0.2, 0) is 0 Å². The fourth-order valence-electron chi connectivity index (χ4n) is 8.41. The largest absolute Gasteiger partial charge is 0.311 e. The Labute approximate surface area is 340 Å². The van der Waals surface area contributed by atoms with Gasteiger partial charge in [-0.3, -0.25) is 0 Å². The number of hydrogen-bond donors (Lipinski definition) is 0. The number of hydrogen-bond acceptors (Lipinski definition) is 2. The minimum Gasteiger partial charge on any atom is -0.311 e. The van der Waals surface area contributed by atoms with Gasteiger partial charge in [0.25, 0.3) is 0 Å². The third kappa shape index (κ3) is 6.47. The van der Waals surface area contributed by atoms with Crippen molar-refractivity contribution in [2.75, 3.05) is 9.80 Å². The molecule has 0 bridgehead atoms. The summed E-state index contributed by atoms with van der Waals surface area (Å²) in [6.07, 6.45) is 0. The van der Waals surface area contributed by atoms with E-state index in [1.54, 1.807) is 0 Å². The van der Waals surface area contributed by atoms with Gasteiger partial charge in [0.2, 0.25) is 0 Å². The molecule has 10 aromatic rings. The predicted molar refractivity (Wildman–Crippen MR) is 247 cm³/mol. The van der Waals surface area contributed by atoms with Gasteiger partial charge in [0, 0.05) is 33.4 Å². The quantitative estimate of drug-likeness (QED) is 0.145. The van der Waals surface area contributed by atoms with E-state index in [0.29, 0.717) is 0 Å². The summed E-state index contributed by atoms with van der Waals surface area (Å²) in [6.45, 7) is 0. The van der Waals surface area contributed by atoms with E-state index in [9.17, 15) is 0 Å². The lowest BCUT2D eigenvalue weighted by Gasteiger charge is -2.32. The number of para-hydroxylation sites is 2. The van der Waals surface area contributed by atoms with Crippen molar-refractivity contribution in [3.8, 4) is 33.4 Å². The van der Waals surface area contributed by atoms with E-state index in [-0.39, 0.29) is 0 Å². The Morgan fingerprint density at radius 3 is 1.16 bits per heavy atom. The van der Waals surface area contributed by atoms with E-state index in [1.165, 1.54) is 38.2 Å². The maximum Gasteiger partial charge on any atom is 0.0547 e. The molecule has 0 saturated carbocycles. The summed E-state index contributed by atoms with van der Waals surface area (Å²) in [5, 5.41) is 4.79. The smallest absolute Gasteiger partial charge is 0.0547 e. The van der Waals surface area contributed by atoms with Crippen LogP contribution in [0, 0.1) is 0 Å². The summed E-state index contributed by atoms with van der Waals surface area (Å²) >= 11 is 0. The molecule has 2 nitrogen and oxygen atoms in total. The molecule has 10 aromatic carbocycles. The molecule has 0 aromatic heterocycles. The van der Waals surface area contributed by atoms with E-state index in [0.717, 1.165) is 50.8 Å². The number of nitrogens with zero attached hydrogens (tertiary/aromatic N) is 2. The van der Waals surface area contributed by atoms with E-state index in [4.69, 9.17) is 0 Å². The van der Waals surface area contributed by atoms with Crippen LogP contribution >= 0.6 is 0 Å². The molecule has 0 saturated heterocycles. The molecule has 0 aliphatic heterocycles. The second-order valence-corrected chi connectivity index (χ2v) is 14.5. The molecular formula is C56H40N2. The fourth-order valence-corrected chi connectivity index (χ4v) is 8.41. The lowest BCUT2D eigenvalue weighted by molar-refractivity contribution is 1.28. The summed E-state index contributed by atoms with van der Waals surface area (Å²) in [7, 11) is 0. The minimum absolute atomic E-state index is 1.10. The summed E-state index contributed by atoms with van der Waals surface area (Å²) in [4.78, 5) is 4.80. The topological polar surface area (TPSA) is 6.48 Å². The van der Waals surface area contributed by atoms with Crippen molar-refractivity contribution in [2.45, 2.75) is 0 Å². The highest BCUT2D eigenvalue weighted by molar-refractivity contribution is 6.09. The molecule has 0 fully saturated rings. The second kappa shape index (κ2) is 15.5. The lowest BCUT2D eigenvalue weighted by atomic mass is 9.85. The first-order chi connectivity index (χ1) is 28.8. The van der Waals surface area contributed by atoms with Crippen LogP contribution in [-0.4, -0.2) is 0 Å². The maximum absolute atomic E-state index is 2.49. The average Bonchev–Trinajstić information content (AvgIpc) is 3.31. The molecular weight excluding hydrogens is 701 g/mol. The van der Waals surface area contributed by atoms with Crippen molar-refractivity contribution in [3.63, 3.8) is 0 Å². The van der Waals surface area contributed by atoms with Gasteiger partial charge in [-0.05, 0) is 93.2 Å². The first kappa shape index (κ1) is 34.8. The third-order valence-electron chi connectivity index (χ3n) is 11.0. The Morgan fingerprint density at radius 2 is 0.638 bits per heavy atom. The van der Waals surface area contributed by atoms with Crippen LogP contribution in [0.3, 0.4) is 0 Å². The molecule has 0 N–H and O–H groups in total. The third-order valence-corrected chi connectivity index (χ3v) is 11.0. The van der Waals surface area contributed by atoms with Gasteiger partial charge in [-0.25, -0.2) is 0 Å². The zero-order valence-corrected chi connectivity index (χ0v) is 32.0. The van der Waals surface area contributed by atoms with Gasteiger partial charge in [0.1, 0.15) is 0 Å². The molecule has 0 atom stereocenters. The Morgan fingerprint density at radius 1 is 0.224 bits per heavy atom. The van der Waals surface area contributed by atoms with Crippen LogP contribution in [0.15, 0.2) is 243 Å². The van der Waals surface area contributed by atoms with Gasteiger partial charge < -0.3 is 9.80 Å². The maximum atomic E-state index is 2.49. The first-order valence-corrected chi connectivity index (χ1v) is 19.9. The summed E-state index contributed by atoms with van der Waals surface area (Å²) in [5.74, 6) is 0. The van der Waals surface area contributed by atoms with E-state index >= 15 is 0 Å². The molecule has 0 radical (unpaired) electrons. The van der Waals surface area contributed by atoms with Crippen LogP contribution in [0.5, 0.6) is 0 Å². The second-order valence-electron chi connectivity index (χ2n) is 14.5. The normalized spacial score (nSPS) is 11.1. The fraction of sp³-hybridized carbons (Fsp3) is 0. The standard InChI is InChI=1S/C56H40N2/c1-5-21-44(22-6-1)55-51(43-35-37-48(38-36-43)57(46-27-9-3-10-28-46)47-29-11-4-12-30-47)39-40-54(56(55)45-23-7-2-8-24-45)58(52-33-17-25-41-19-13-15-31-49(41)52)53-34-18-26-42-20-14-16-32-50(42)53/h1-40H. The number of anilines is 6. The molecule has 274 valence electrons. The molecule has 2 heteroatoms. The van der Waals surface area contributed by atoms with Gasteiger partial charge in [-0.15, -0.1) is 0 Å². The molecule has 10 rings (SSSR count). The molecule has 0 aliphatic carbocycles. The lowest BCUT2D eigenvalue weighted by Crippen LogP contribution is -2.13. The SMILES string of the molecule is c1ccc(-c2c(-c3ccc(N(c4ccccc4)c4ccccc4)cc3)ccc(N(c3cccc4ccccc34)c3cccc4ccccc34)c2-c2ccccc2)cc1. The summed E-state index contributed by atoms with van der Waals surface area (Å²) < 4.78 is 0. The molecule has 0 amide bonds. The van der Waals surface area contributed by atoms with E-state index < -0.39 is 0 Å². The predicted octanol–water partition coefficient (Wildman–Crippen LogP) is 15.9. The van der Waals surface area contributed by atoms with Gasteiger partial charge in [-0.1, -0.05) is 188 Å². The molecule has 0 aliphatic rings. The first-order valence-electron chi connectivity index (χ1n) is 19.9. The average molecular weight is 741 g/mol. The molecule has 0 unspecified atom stereocenters. The van der Waals surface area contributed by atoms with Crippen LogP contribution in [0.2, 0.25) is 0 Å². The zero-order chi connectivity index (χ0) is 38.7. The molecule has 58 heavy (non-hydrogen) atoms. The Balaban J connectivity index is 1.24. The zero-order valence-electron chi connectivity index (χ0n) is 32.0. The van der Waals surface area contributed by atoms with Crippen LogP contribution in [0.4, 0.5) is 34.1 Å². The Kier molecular flexibility index (Phi) is 9.27. The summed E-state index contributed by atoms with van der Waals surface area (Å²) in [6, 6.07) is 87.4. The Bertz CT molecular complexity index is 2850. The van der Waals surface area contributed by atoms with Crippen molar-refractivity contribution in [1.82, 2.24) is 0 Å². The van der Waals surface area contributed by atoms with Gasteiger partial charge in [-0.2, -0.15) is 0 Å². The minimum atomic E-state index is 1.10. The number of benzene rings is 10. The highest BCUT2D eigenvalue weighted by Crippen LogP contribution is 2.51. The summed E-state index contributed by atoms with van der Waals surface area (Å²) in [5.41, 5.74) is 13.7. The van der Waals surface area contributed by atoms with Crippen LogP contribution in [0.1, 0.15) is 0 Å². The van der Waals surface area contributed by atoms with Crippen molar-refractivity contribution < 1.29 is 0 Å². The number of rotatable bonds is 9. The van der Waals surface area contributed by atoms with E-state index in [1.807, 2.05) is 0 Å². The van der Waals surface area contributed by atoms with Crippen molar-refractivity contribution in [2.24, 2.45) is 0 Å². The molecule has 0 heterocycles. The van der Waals surface area contributed by atoms with Gasteiger partial charge >= 0.3 is 0 Å². The van der Waals surface area contributed by atoms with E-state index in [2.05, 4.69) is 252 Å². The molecule has 0 spiro atoms.